The van der Waals surface area contributed by atoms with Gasteiger partial charge in [-0.05, 0) is 31.0 Å². The van der Waals surface area contributed by atoms with Crippen molar-refractivity contribution in [3.05, 3.63) is 71.0 Å². The quantitative estimate of drug-likeness (QED) is 0.719. The van der Waals surface area contributed by atoms with Crippen LogP contribution in [0.2, 0.25) is 0 Å². The van der Waals surface area contributed by atoms with Crippen LogP contribution in [0.1, 0.15) is 33.7 Å². The first kappa shape index (κ1) is 16.8. The van der Waals surface area contributed by atoms with E-state index in [0.29, 0.717) is 18.5 Å². The molecule has 5 nitrogen and oxygen atoms in total. The molecule has 2 aromatic carbocycles. The predicted octanol–water partition coefficient (Wildman–Crippen LogP) is 3.69. The van der Waals surface area contributed by atoms with Crippen molar-refractivity contribution in [2.24, 2.45) is 0 Å². The van der Waals surface area contributed by atoms with Gasteiger partial charge >= 0.3 is 5.97 Å². The summed E-state index contributed by atoms with van der Waals surface area (Å²) in [5.41, 5.74) is 2.72. The van der Waals surface area contributed by atoms with E-state index < -0.39 is 5.97 Å². The fraction of sp³-hybridized carbons (Fsp3) is 0.200. The molecule has 3 aromatic rings. The Kier molecular flexibility index (Phi) is 4.84. The molecule has 0 saturated heterocycles. The zero-order valence-corrected chi connectivity index (χ0v) is 13.9. The van der Waals surface area contributed by atoms with Crippen molar-refractivity contribution >= 4 is 22.8 Å². The highest BCUT2D eigenvalue weighted by Gasteiger charge is 2.13. The van der Waals surface area contributed by atoms with Crippen LogP contribution in [0.25, 0.3) is 11.0 Å². The Morgan fingerprint density at radius 2 is 1.80 bits per heavy atom. The summed E-state index contributed by atoms with van der Waals surface area (Å²) in [6.45, 7) is 2.29. The van der Waals surface area contributed by atoms with E-state index in [-0.39, 0.29) is 17.9 Å². The van der Waals surface area contributed by atoms with Crippen LogP contribution < -0.4 is 5.32 Å². The third-order valence-electron chi connectivity index (χ3n) is 4.26. The molecule has 5 heteroatoms. The molecule has 0 unspecified atom stereocenters. The number of amides is 1. The fourth-order valence-electron chi connectivity index (χ4n) is 2.86. The number of para-hydroxylation sites is 1. The van der Waals surface area contributed by atoms with E-state index in [0.717, 1.165) is 22.3 Å². The smallest absolute Gasteiger partial charge is 0.335 e. The summed E-state index contributed by atoms with van der Waals surface area (Å²) in [7, 11) is 0. The average molecular weight is 337 g/mol. The van der Waals surface area contributed by atoms with E-state index in [1.165, 1.54) is 0 Å². The number of fused-ring (bicyclic) bond motifs is 1. The summed E-state index contributed by atoms with van der Waals surface area (Å²) in [6, 6.07) is 14.5. The molecule has 0 aliphatic heterocycles. The Bertz CT molecular complexity index is 926. The standard InChI is InChI=1S/C20H19NO4/c1-13-15-7-4-5-9-17(15)25-18(13)12-21-19(22)11-10-14-6-2-3-8-16(14)20(23)24/h2-9H,10-12H2,1H3,(H,21,22)(H,23,24). The van der Waals surface area contributed by atoms with Gasteiger partial charge in [-0.15, -0.1) is 0 Å². The summed E-state index contributed by atoms with van der Waals surface area (Å²) >= 11 is 0. The molecule has 0 spiro atoms. The van der Waals surface area contributed by atoms with Crippen molar-refractivity contribution in [3.63, 3.8) is 0 Å². The number of hydrogen-bond donors (Lipinski definition) is 2. The molecule has 0 bridgehead atoms. The van der Waals surface area contributed by atoms with Crippen molar-refractivity contribution in [1.82, 2.24) is 5.32 Å². The van der Waals surface area contributed by atoms with Crippen LogP contribution in [0, 0.1) is 6.92 Å². The number of nitrogens with one attached hydrogen (secondary N) is 1. The zero-order valence-electron chi connectivity index (χ0n) is 13.9. The molecule has 0 aliphatic rings. The molecule has 3 rings (SSSR count). The van der Waals surface area contributed by atoms with E-state index in [4.69, 9.17) is 9.52 Å². The second-order valence-corrected chi connectivity index (χ2v) is 5.89. The van der Waals surface area contributed by atoms with Crippen LogP contribution in [-0.4, -0.2) is 17.0 Å². The molecule has 1 aromatic heterocycles. The maximum absolute atomic E-state index is 12.1. The van der Waals surface area contributed by atoms with Gasteiger partial charge in [-0.1, -0.05) is 36.4 Å². The number of carbonyl (C=O) groups excluding carboxylic acids is 1. The molecular formula is C20H19NO4. The van der Waals surface area contributed by atoms with Crippen LogP contribution in [0.3, 0.4) is 0 Å². The van der Waals surface area contributed by atoms with E-state index >= 15 is 0 Å². The van der Waals surface area contributed by atoms with Crippen LogP contribution in [0.4, 0.5) is 0 Å². The van der Waals surface area contributed by atoms with Gasteiger partial charge in [0.15, 0.2) is 0 Å². The van der Waals surface area contributed by atoms with E-state index in [9.17, 15) is 9.59 Å². The van der Waals surface area contributed by atoms with Crippen molar-refractivity contribution in [2.45, 2.75) is 26.3 Å². The predicted molar refractivity (Wildman–Crippen MR) is 94.5 cm³/mol. The zero-order chi connectivity index (χ0) is 17.8. The lowest BCUT2D eigenvalue weighted by atomic mass is 10.0. The first-order valence-corrected chi connectivity index (χ1v) is 8.11. The van der Waals surface area contributed by atoms with Crippen LogP contribution >= 0.6 is 0 Å². The normalized spacial score (nSPS) is 10.8. The number of benzene rings is 2. The van der Waals surface area contributed by atoms with Crippen molar-refractivity contribution < 1.29 is 19.1 Å². The Morgan fingerprint density at radius 3 is 2.56 bits per heavy atom. The number of carboxylic acids is 1. The molecule has 25 heavy (non-hydrogen) atoms. The molecule has 2 N–H and O–H groups in total. The Labute approximate surface area is 145 Å². The summed E-state index contributed by atoms with van der Waals surface area (Å²) in [5.74, 6) is -0.380. The van der Waals surface area contributed by atoms with Crippen molar-refractivity contribution in [3.8, 4) is 0 Å². The monoisotopic (exact) mass is 337 g/mol. The number of rotatable bonds is 6. The molecule has 1 amide bonds. The largest absolute Gasteiger partial charge is 0.478 e. The Morgan fingerprint density at radius 1 is 1.08 bits per heavy atom. The van der Waals surface area contributed by atoms with Crippen molar-refractivity contribution in [2.75, 3.05) is 0 Å². The molecule has 128 valence electrons. The Hall–Kier alpha value is -3.08. The van der Waals surface area contributed by atoms with E-state index in [1.807, 2.05) is 31.2 Å². The number of aromatic carboxylic acids is 1. The second kappa shape index (κ2) is 7.21. The lowest BCUT2D eigenvalue weighted by Crippen LogP contribution is -2.23. The number of carboxylic acid groups (broad SMARTS) is 1. The van der Waals surface area contributed by atoms with E-state index in [2.05, 4.69) is 5.32 Å². The number of carbonyl (C=O) groups is 2. The first-order chi connectivity index (χ1) is 12.1. The highest BCUT2D eigenvalue weighted by Crippen LogP contribution is 2.24. The third kappa shape index (κ3) is 3.71. The lowest BCUT2D eigenvalue weighted by Gasteiger charge is -2.07. The number of furan rings is 1. The number of aryl methyl sites for hydroxylation is 2. The van der Waals surface area contributed by atoms with Gasteiger partial charge in [0.25, 0.3) is 0 Å². The summed E-state index contributed by atoms with van der Waals surface area (Å²) in [6.07, 6.45) is 0.608. The molecule has 1 heterocycles. The highest BCUT2D eigenvalue weighted by molar-refractivity contribution is 5.89. The summed E-state index contributed by atoms with van der Waals surface area (Å²) in [4.78, 5) is 23.3. The molecular weight excluding hydrogens is 318 g/mol. The minimum Gasteiger partial charge on any atom is -0.478 e. The molecule has 0 radical (unpaired) electrons. The maximum atomic E-state index is 12.1. The highest BCUT2D eigenvalue weighted by atomic mass is 16.4. The molecule has 0 aliphatic carbocycles. The first-order valence-electron chi connectivity index (χ1n) is 8.11. The Balaban J connectivity index is 1.60. The SMILES string of the molecule is Cc1c(CNC(=O)CCc2ccccc2C(=O)O)oc2ccccc12. The third-order valence-corrected chi connectivity index (χ3v) is 4.26. The van der Waals surface area contributed by atoms with Crippen LogP contribution in [0.15, 0.2) is 52.9 Å². The van der Waals surface area contributed by atoms with Gasteiger partial charge in [-0.3, -0.25) is 4.79 Å². The van der Waals surface area contributed by atoms with Crippen LogP contribution in [0.5, 0.6) is 0 Å². The summed E-state index contributed by atoms with van der Waals surface area (Å²) in [5, 5.41) is 13.1. The fourth-order valence-corrected chi connectivity index (χ4v) is 2.86. The summed E-state index contributed by atoms with van der Waals surface area (Å²) < 4.78 is 5.77. The molecule has 0 fully saturated rings. The van der Waals surface area contributed by atoms with E-state index in [1.54, 1.807) is 24.3 Å². The van der Waals surface area contributed by atoms with Gasteiger partial charge in [0, 0.05) is 17.4 Å². The van der Waals surface area contributed by atoms with Gasteiger partial charge in [-0.2, -0.15) is 0 Å². The average Bonchev–Trinajstić information content (AvgIpc) is 2.94. The maximum Gasteiger partial charge on any atom is 0.335 e. The second-order valence-electron chi connectivity index (χ2n) is 5.89. The lowest BCUT2D eigenvalue weighted by molar-refractivity contribution is -0.121. The minimum atomic E-state index is -0.978. The van der Waals surface area contributed by atoms with Gasteiger partial charge < -0.3 is 14.8 Å². The number of hydrogen-bond acceptors (Lipinski definition) is 3. The molecule has 0 saturated carbocycles. The van der Waals surface area contributed by atoms with Crippen LogP contribution in [-0.2, 0) is 17.8 Å². The molecule has 0 atom stereocenters. The van der Waals surface area contributed by atoms with Crippen molar-refractivity contribution in [1.29, 1.82) is 0 Å². The van der Waals surface area contributed by atoms with Gasteiger partial charge in [0.05, 0.1) is 12.1 Å². The topological polar surface area (TPSA) is 79.5 Å². The minimum absolute atomic E-state index is 0.139. The van der Waals surface area contributed by atoms with Gasteiger partial charge in [0.1, 0.15) is 11.3 Å². The van der Waals surface area contributed by atoms with Gasteiger partial charge in [-0.25, -0.2) is 4.79 Å². The van der Waals surface area contributed by atoms with Gasteiger partial charge in [0.2, 0.25) is 5.91 Å².